The topological polar surface area (TPSA) is 51.0 Å². The SMILES string of the molecule is O=C(c1cnn(-c2ccccc2)n1)N1CCS[C@H](c2cccs2)CC1. The molecule has 2 aromatic heterocycles. The number of thiophene rings is 1. The van der Waals surface area contributed by atoms with Crippen molar-refractivity contribution in [1.82, 2.24) is 19.9 Å². The van der Waals surface area contributed by atoms with Gasteiger partial charge in [0.05, 0.1) is 11.9 Å². The number of nitrogens with zero attached hydrogens (tertiary/aromatic N) is 4. The summed E-state index contributed by atoms with van der Waals surface area (Å²) >= 11 is 3.73. The summed E-state index contributed by atoms with van der Waals surface area (Å²) < 4.78 is 0. The van der Waals surface area contributed by atoms with Gasteiger partial charge in [-0.05, 0) is 30.0 Å². The zero-order valence-electron chi connectivity index (χ0n) is 13.6. The summed E-state index contributed by atoms with van der Waals surface area (Å²) in [7, 11) is 0. The molecule has 0 unspecified atom stereocenters. The molecular weight excluding hydrogens is 352 g/mol. The Labute approximate surface area is 154 Å². The van der Waals surface area contributed by atoms with E-state index in [1.807, 2.05) is 47.0 Å². The van der Waals surface area contributed by atoms with Gasteiger partial charge in [-0.1, -0.05) is 24.3 Å². The number of carbonyl (C=O) groups is 1. The van der Waals surface area contributed by atoms with E-state index in [4.69, 9.17) is 0 Å². The Kier molecular flexibility index (Phi) is 4.85. The normalized spacial score (nSPS) is 18.1. The van der Waals surface area contributed by atoms with Crippen molar-refractivity contribution in [2.45, 2.75) is 11.7 Å². The van der Waals surface area contributed by atoms with Gasteiger partial charge < -0.3 is 4.90 Å². The summed E-state index contributed by atoms with van der Waals surface area (Å²) in [6.07, 6.45) is 2.54. The minimum Gasteiger partial charge on any atom is -0.336 e. The predicted molar refractivity (Wildman–Crippen MR) is 101 cm³/mol. The summed E-state index contributed by atoms with van der Waals surface area (Å²) in [5.41, 5.74) is 1.26. The minimum absolute atomic E-state index is 0.0328. The Bertz CT molecular complexity index is 832. The lowest BCUT2D eigenvalue weighted by Crippen LogP contribution is -2.33. The van der Waals surface area contributed by atoms with Gasteiger partial charge in [0.2, 0.25) is 0 Å². The number of benzene rings is 1. The van der Waals surface area contributed by atoms with E-state index in [2.05, 4.69) is 27.7 Å². The Balaban J connectivity index is 1.45. The average molecular weight is 371 g/mol. The second kappa shape index (κ2) is 7.41. The van der Waals surface area contributed by atoms with E-state index in [0.717, 1.165) is 31.0 Å². The van der Waals surface area contributed by atoms with Crippen LogP contribution in [0.4, 0.5) is 0 Å². The van der Waals surface area contributed by atoms with Crippen molar-refractivity contribution in [2.24, 2.45) is 0 Å². The Hall–Kier alpha value is -2.12. The number of hydrogen-bond acceptors (Lipinski definition) is 5. The van der Waals surface area contributed by atoms with Crippen LogP contribution in [0.1, 0.15) is 27.0 Å². The van der Waals surface area contributed by atoms with E-state index in [9.17, 15) is 4.79 Å². The van der Waals surface area contributed by atoms with Crippen molar-refractivity contribution in [3.63, 3.8) is 0 Å². The van der Waals surface area contributed by atoms with Crippen LogP contribution in [0.5, 0.6) is 0 Å². The van der Waals surface area contributed by atoms with E-state index in [1.165, 1.54) is 9.67 Å². The van der Waals surface area contributed by atoms with E-state index < -0.39 is 0 Å². The molecule has 1 atom stereocenters. The molecule has 3 heterocycles. The van der Waals surface area contributed by atoms with Crippen LogP contribution in [0.2, 0.25) is 0 Å². The summed E-state index contributed by atoms with van der Waals surface area (Å²) in [5, 5.41) is 11.2. The van der Waals surface area contributed by atoms with Crippen LogP contribution in [-0.2, 0) is 0 Å². The fourth-order valence-corrected chi connectivity index (χ4v) is 5.12. The molecule has 1 aliphatic heterocycles. The number of amides is 1. The van der Waals surface area contributed by atoms with E-state index >= 15 is 0 Å². The van der Waals surface area contributed by atoms with Gasteiger partial charge in [0, 0.05) is 29.0 Å². The number of carbonyl (C=O) groups excluding carboxylic acids is 1. The van der Waals surface area contributed by atoms with Crippen LogP contribution in [0.3, 0.4) is 0 Å². The molecule has 7 heteroatoms. The van der Waals surface area contributed by atoms with Gasteiger partial charge in [-0.15, -0.1) is 16.4 Å². The van der Waals surface area contributed by atoms with Gasteiger partial charge in [0.1, 0.15) is 0 Å². The largest absolute Gasteiger partial charge is 0.336 e. The highest BCUT2D eigenvalue weighted by Crippen LogP contribution is 2.36. The number of thioether (sulfide) groups is 1. The third-order valence-corrected chi connectivity index (χ3v) is 6.63. The molecule has 1 aromatic carbocycles. The first-order chi connectivity index (χ1) is 12.3. The molecule has 0 radical (unpaired) electrons. The fourth-order valence-electron chi connectivity index (χ4n) is 2.88. The second-order valence-corrected chi connectivity index (χ2v) is 8.10. The molecule has 0 bridgehead atoms. The summed E-state index contributed by atoms with van der Waals surface area (Å²) in [6, 6.07) is 13.9. The maximum Gasteiger partial charge on any atom is 0.276 e. The lowest BCUT2D eigenvalue weighted by Gasteiger charge is -2.18. The zero-order chi connectivity index (χ0) is 17.1. The monoisotopic (exact) mass is 370 g/mol. The Morgan fingerprint density at radius 3 is 2.80 bits per heavy atom. The van der Waals surface area contributed by atoms with Crippen LogP contribution in [0, 0.1) is 0 Å². The quantitative estimate of drug-likeness (QED) is 0.706. The molecule has 5 nitrogen and oxygen atoms in total. The number of aromatic nitrogens is 3. The van der Waals surface area contributed by atoms with Gasteiger partial charge in [-0.25, -0.2) is 0 Å². The molecule has 4 rings (SSSR count). The van der Waals surface area contributed by atoms with Crippen LogP contribution >= 0.6 is 23.1 Å². The van der Waals surface area contributed by atoms with Crippen LogP contribution < -0.4 is 0 Å². The van der Waals surface area contributed by atoms with E-state index in [0.29, 0.717) is 10.9 Å². The van der Waals surface area contributed by atoms with Crippen LogP contribution in [0.15, 0.2) is 54.0 Å². The number of para-hydroxylation sites is 1. The highest BCUT2D eigenvalue weighted by Gasteiger charge is 2.25. The van der Waals surface area contributed by atoms with Crippen molar-refractivity contribution >= 4 is 29.0 Å². The lowest BCUT2D eigenvalue weighted by molar-refractivity contribution is 0.0760. The van der Waals surface area contributed by atoms with Crippen molar-refractivity contribution in [3.05, 3.63) is 64.6 Å². The summed E-state index contributed by atoms with van der Waals surface area (Å²) in [4.78, 5) is 17.6. The molecule has 0 aliphatic carbocycles. The molecule has 0 N–H and O–H groups in total. The molecule has 3 aromatic rings. The fraction of sp³-hybridized carbons (Fsp3) is 0.278. The molecule has 1 fully saturated rings. The van der Waals surface area contributed by atoms with E-state index in [1.54, 1.807) is 17.5 Å². The molecule has 0 spiro atoms. The summed E-state index contributed by atoms with van der Waals surface area (Å²) in [6.45, 7) is 1.51. The maximum atomic E-state index is 12.8. The maximum absolute atomic E-state index is 12.8. The third kappa shape index (κ3) is 3.62. The minimum atomic E-state index is -0.0328. The van der Waals surface area contributed by atoms with Gasteiger partial charge in [0.25, 0.3) is 5.91 Å². The third-order valence-electron chi connectivity index (χ3n) is 4.19. The van der Waals surface area contributed by atoms with E-state index in [-0.39, 0.29) is 5.91 Å². The average Bonchev–Trinajstić information content (AvgIpc) is 3.30. The molecule has 25 heavy (non-hydrogen) atoms. The van der Waals surface area contributed by atoms with Crippen molar-refractivity contribution < 1.29 is 4.79 Å². The van der Waals surface area contributed by atoms with Gasteiger partial charge in [-0.3, -0.25) is 4.79 Å². The highest BCUT2D eigenvalue weighted by atomic mass is 32.2. The molecule has 0 saturated carbocycles. The van der Waals surface area contributed by atoms with Crippen LogP contribution in [-0.4, -0.2) is 44.6 Å². The predicted octanol–water partition coefficient (Wildman–Crippen LogP) is 3.65. The smallest absolute Gasteiger partial charge is 0.276 e. The highest BCUT2D eigenvalue weighted by molar-refractivity contribution is 7.99. The van der Waals surface area contributed by atoms with Crippen molar-refractivity contribution in [1.29, 1.82) is 0 Å². The molecule has 1 aliphatic rings. The van der Waals surface area contributed by atoms with Crippen molar-refractivity contribution in [2.75, 3.05) is 18.8 Å². The number of hydrogen-bond donors (Lipinski definition) is 0. The standard InChI is InChI=1S/C18H18N4OS2/c23-18(15-13-19-22(20-15)14-5-2-1-3-6-14)21-9-8-17(25-12-10-21)16-7-4-11-24-16/h1-7,11,13,17H,8-10,12H2/t17-/m0/s1. The second-order valence-electron chi connectivity index (χ2n) is 5.81. The summed E-state index contributed by atoms with van der Waals surface area (Å²) in [5.74, 6) is 0.913. The van der Waals surface area contributed by atoms with Gasteiger partial charge in [-0.2, -0.15) is 21.7 Å². The van der Waals surface area contributed by atoms with Gasteiger partial charge in [0.15, 0.2) is 5.69 Å². The molecular formula is C18H18N4OS2. The van der Waals surface area contributed by atoms with Crippen LogP contribution in [0.25, 0.3) is 5.69 Å². The first-order valence-corrected chi connectivity index (χ1v) is 10.2. The number of rotatable bonds is 3. The molecule has 1 saturated heterocycles. The molecule has 128 valence electrons. The van der Waals surface area contributed by atoms with Crippen molar-refractivity contribution in [3.8, 4) is 5.69 Å². The lowest BCUT2D eigenvalue weighted by atomic mass is 10.2. The van der Waals surface area contributed by atoms with Gasteiger partial charge >= 0.3 is 0 Å². The first-order valence-electron chi connectivity index (χ1n) is 8.23. The Morgan fingerprint density at radius 2 is 2.00 bits per heavy atom. The zero-order valence-corrected chi connectivity index (χ0v) is 15.2. The Morgan fingerprint density at radius 1 is 1.12 bits per heavy atom. The molecule has 1 amide bonds. The first kappa shape index (κ1) is 16.4.